The van der Waals surface area contributed by atoms with Crippen LogP contribution in [-0.2, 0) is 0 Å². The first-order chi connectivity index (χ1) is 10.0. The molecule has 0 bridgehead atoms. The number of hydrogen-bond donors (Lipinski definition) is 1. The van der Waals surface area contributed by atoms with Crippen molar-refractivity contribution in [3.8, 4) is 11.5 Å². The molecule has 0 atom stereocenters. The Morgan fingerprint density at radius 3 is 2.52 bits per heavy atom. The van der Waals surface area contributed by atoms with E-state index in [4.69, 9.17) is 16.3 Å². The summed E-state index contributed by atoms with van der Waals surface area (Å²) in [5.74, 6) is 0.382. The van der Waals surface area contributed by atoms with Gasteiger partial charge in [-0.15, -0.1) is 0 Å². The second-order valence-corrected chi connectivity index (χ2v) is 5.00. The summed E-state index contributed by atoms with van der Waals surface area (Å²) in [5, 5.41) is 10.3. The Hall–Kier alpha value is -2.26. The molecule has 0 aliphatic heterocycles. The number of allylic oxidation sites excluding steroid dienone is 1. The summed E-state index contributed by atoms with van der Waals surface area (Å²) in [7, 11) is 1.60. The first-order valence-corrected chi connectivity index (χ1v) is 6.74. The lowest BCUT2D eigenvalue weighted by Crippen LogP contribution is -1.96. The van der Waals surface area contributed by atoms with Crippen LogP contribution in [0.4, 0.5) is 0 Å². The number of methoxy groups -OCH3 is 1. The van der Waals surface area contributed by atoms with Gasteiger partial charge in [0.25, 0.3) is 0 Å². The van der Waals surface area contributed by atoms with Crippen LogP contribution in [0.2, 0.25) is 5.02 Å². The minimum Gasteiger partial charge on any atom is -0.507 e. The van der Waals surface area contributed by atoms with Crippen molar-refractivity contribution in [2.75, 3.05) is 7.11 Å². The standard InChI is InChI=1S/C17H15ClO3/c1-11-9-17(20)14(10-15(11)18)16(19)8-5-12-3-6-13(21-2)7-4-12/h3-10,20H,1-2H3/b8-5+. The molecule has 0 unspecified atom stereocenters. The van der Waals surface area contributed by atoms with E-state index in [2.05, 4.69) is 0 Å². The molecule has 0 aromatic heterocycles. The Morgan fingerprint density at radius 1 is 1.24 bits per heavy atom. The van der Waals surface area contributed by atoms with Crippen LogP contribution in [0.25, 0.3) is 6.08 Å². The number of ketones is 1. The third-order valence-corrected chi connectivity index (χ3v) is 3.49. The van der Waals surface area contributed by atoms with Crippen LogP contribution in [0.15, 0.2) is 42.5 Å². The molecule has 0 aliphatic carbocycles. The van der Waals surface area contributed by atoms with Crippen molar-refractivity contribution in [2.24, 2.45) is 0 Å². The van der Waals surface area contributed by atoms with Crippen molar-refractivity contribution in [3.05, 3.63) is 64.2 Å². The lowest BCUT2D eigenvalue weighted by molar-refractivity contribution is 0.104. The highest BCUT2D eigenvalue weighted by molar-refractivity contribution is 6.32. The first-order valence-electron chi connectivity index (χ1n) is 6.37. The number of rotatable bonds is 4. The molecular weight excluding hydrogens is 288 g/mol. The molecule has 0 amide bonds. The maximum Gasteiger partial charge on any atom is 0.189 e. The zero-order valence-corrected chi connectivity index (χ0v) is 12.5. The molecule has 0 saturated heterocycles. The fourth-order valence-electron chi connectivity index (χ4n) is 1.84. The Kier molecular flexibility index (Phi) is 4.66. The second-order valence-electron chi connectivity index (χ2n) is 4.59. The zero-order chi connectivity index (χ0) is 15.4. The van der Waals surface area contributed by atoms with Gasteiger partial charge < -0.3 is 9.84 Å². The van der Waals surface area contributed by atoms with Crippen LogP contribution in [0.3, 0.4) is 0 Å². The molecule has 2 aromatic rings. The topological polar surface area (TPSA) is 46.5 Å². The zero-order valence-electron chi connectivity index (χ0n) is 11.8. The van der Waals surface area contributed by atoms with Crippen LogP contribution in [-0.4, -0.2) is 18.0 Å². The van der Waals surface area contributed by atoms with Crippen molar-refractivity contribution in [3.63, 3.8) is 0 Å². The highest BCUT2D eigenvalue weighted by Crippen LogP contribution is 2.26. The monoisotopic (exact) mass is 302 g/mol. The molecule has 108 valence electrons. The summed E-state index contributed by atoms with van der Waals surface area (Å²) in [5.41, 5.74) is 1.78. The van der Waals surface area contributed by atoms with Gasteiger partial charge in [0, 0.05) is 5.02 Å². The molecule has 1 N–H and O–H groups in total. The predicted octanol–water partition coefficient (Wildman–Crippen LogP) is 4.26. The quantitative estimate of drug-likeness (QED) is 0.678. The number of benzene rings is 2. The molecule has 2 aromatic carbocycles. The van der Waals surface area contributed by atoms with Crippen LogP contribution in [0, 0.1) is 6.92 Å². The average molecular weight is 303 g/mol. The summed E-state index contributed by atoms with van der Waals surface area (Å²) in [4.78, 5) is 12.1. The van der Waals surface area contributed by atoms with Gasteiger partial charge in [0.1, 0.15) is 11.5 Å². The number of ether oxygens (including phenoxy) is 1. The minimum absolute atomic E-state index is 0.0683. The van der Waals surface area contributed by atoms with E-state index in [0.717, 1.165) is 16.9 Å². The molecule has 21 heavy (non-hydrogen) atoms. The van der Waals surface area contributed by atoms with Gasteiger partial charge in [-0.25, -0.2) is 0 Å². The van der Waals surface area contributed by atoms with Crippen molar-refractivity contribution < 1.29 is 14.6 Å². The Labute approximate surface area is 128 Å². The Balaban J connectivity index is 2.20. The van der Waals surface area contributed by atoms with E-state index < -0.39 is 0 Å². The molecule has 3 nitrogen and oxygen atoms in total. The number of hydrogen-bond acceptors (Lipinski definition) is 3. The molecule has 0 fully saturated rings. The van der Waals surface area contributed by atoms with E-state index in [1.807, 2.05) is 24.3 Å². The van der Waals surface area contributed by atoms with Crippen molar-refractivity contribution >= 4 is 23.5 Å². The van der Waals surface area contributed by atoms with Gasteiger partial charge in [0.15, 0.2) is 5.78 Å². The third-order valence-electron chi connectivity index (χ3n) is 3.09. The SMILES string of the molecule is COc1ccc(/C=C/C(=O)c2cc(Cl)c(C)cc2O)cc1. The van der Waals surface area contributed by atoms with Gasteiger partial charge in [0.2, 0.25) is 0 Å². The smallest absolute Gasteiger partial charge is 0.189 e. The molecule has 0 saturated carbocycles. The van der Waals surface area contributed by atoms with Crippen molar-refractivity contribution in [1.82, 2.24) is 0 Å². The highest BCUT2D eigenvalue weighted by Gasteiger charge is 2.10. The first kappa shape index (κ1) is 15.1. The van der Waals surface area contributed by atoms with Gasteiger partial charge in [-0.2, -0.15) is 0 Å². The van der Waals surface area contributed by atoms with Gasteiger partial charge >= 0.3 is 0 Å². The molecule has 0 aliphatic rings. The lowest BCUT2D eigenvalue weighted by atomic mass is 10.1. The molecule has 0 spiro atoms. The number of carbonyl (C=O) groups is 1. The number of aryl methyl sites for hydroxylation is 1. The normalized spacial score (nSPS) is 10.8. The summed E-state index contributed by atoms with van der Waals surface area (Å²) in [6.45, 7) is 1.77. The Morgan fingerprint density at radius 2 is 1.90 bits per heavy atom. The van der Waals surface area contributed by atoms with Crippen LogP contribution in [0.5, 0.6) is 11.5 Å². The summed E-state index contributed by atoms with van der Waals surface area (Å²) in [6, 6.07) is 10.3. The molecule has 2 rings (SSSR count). The number of carbonyl (C=O) groups excluding carboxylic acids is 1. The number of aromatic hydroxyl groups is 1. The number of halogens is 1. The van der Waals surface area contributed by atoms with Crippen molar-refractivity contribution in [1.29, 1.82) is 0 Å². The molecule has 0 radical (unpaired) electrons. The summed E-state index contributed by atoms with van der Waals surface area (Å²) < 4.78 is 5.07. The maximum absolute atomic E-state index is 12.1. The van der Waals surface area contributed by atoms with E-state index in [1.54, 1.807) is 20.1 Å². The third kappa shape index (κ3) is 3.64. The molecular formula is C17H15ClO3. The Bertz CT molecular complexity index is 688. The number of phenols is 1. The van der Waals surface area contributed by atoms with E-state index >= 15 is 0 Å². The van der Waals surface area contributed by atoms with Gasteiger partial charge in [-0.1, -0.05) is 29.8 Å². The van der Waals surface area contributed by atoms with Gasteiger partial charge in [-0.05, 0) is 48.4 Å². The van der Waals surface area contributed by atoms with Gasteiger partial charge in [-0.3, -0.25) is 4.79 Å². The average Bonchev–Trinajstić information content (AvgIpc) is 2.49. The fraction of sp³-hybridized carbons (Fsp3) is 0.118. The van der Waals surface area contributed by atoms with E-state index in [1.165, 1.54) is 18.2 Å². The van der Waals surface area contributed by atoms with Crippen LogP contribution < -0.4 is 4.74 Å². The summed E-state index contributed by atoms with van der Waals surface area (Å²) >= 11 is 5.98. The maximum atomic E-state index is 12.1. The summed E-state index contributed by atoms with van der Waals surface area (Å²) in [6.07, 6.45) is 3.08. The molecule has 4 heteroatoms. The van der Waals surface area contributed by atoms with E-state index in [0.29, 0.717) is 5.02 Å². The van der Waals surface area contributed by atoms with Crippen LogP contribution >= 0.6 is 11.6 Å². The lowest BCUT2D eigenvalue weighted by Gasteiger charge is -2.04. The predicted molar refractivity (Wildman–Crippen MR) is 84.2 cm³/mol. The highest BCUT2D eigenvalue weighted by atomic mass is 35.5. The largest absolute Gasteiger partial charge is 0.507 e. The molecule has 0 heterocycles. The van der Waals surface area contributed by atoms with Crippen LogP contribution in [0.1, 0.15) is 21.5 Å². The number of phenolic OH excluding ortho intramolecular Hbond substituents is 1. The minimum atomic E-state index is -0.301. The van der Waals surface area contributed by atoms with Gasteiger partial charge in [0.05, 0.1) is 12.7 Å². The van der Waals surface area contributed by atoms with E-state index in [-0.39, 0.29) is 17.1 Å². The van der Waals surface area contributed by atoms with E-state index in [9.17, 15) is 9.90 Å². The van der Waals surface area contributed by atoms with Crippen molar-refractivity contribution in [2.45, 2.75) is 6.92 Å². The fourth-order valence-corrected chi connectivity index (χ4v) is 2.00. The second kappa shape index (κ2) is 6.46.